The first-order valence-corrected chi connectivity index (χ1v) is 8.28. The summed E-state index contributed by atoms with van der Waals surface area (Å²) in [5, 5.41) is 9.29. The molecule has 1 N–H and O–H groups in total. The monoisotopic (exact) mass is 378 g/mol. The Bertz CT molecular complexity index is 775. The summed E-state index contributed by atoms with van der Waals surface area (Å²) in [6.07, 6.45) is -3.21. The standard InChI is InChI=1S/C18H22N2O7/c1-10-5-6-12(9-13(10)16(22)19(3)4)20-7-8-26-14(17(20)23)15(18(24)25)27-11(2)21/h5-6,9,14-15H,7-8H2,1-4H3,(H,24,25). The summed E-state index contributed by atoms with van der Waals surface area (Å²) in [7, 11) is 3.25. The summed E-state index contributed by atoms with van der Waals surface area (Å²) < 4.78 is 10.0. The maximum atomic E-state index is 12.8. The molecule has 146 valence electrons. The SMILES string of the molecule is CC(=O)OC(C(=O)O)C1OCCN(c2ccc(C)c(C(=O)N(C)C)c2)C1=O. The van der Waals surface area contributed by atoms with Crippen LogP contribution in [0.2, 0.25) is 0 Å². The van der Waals surface area contributed by atoms with Gasteiger partial charge in [0.2, 0.25) is 6.10 Å². The Kier molecular flexibility index (Phi) is 6.17. The van der Waals surface area contributed by atoms with Crippen molar-refractivity contribution in [3.63, 3.8) is 0 Å². The molecule has 0 saturated carbocycles. The third-order valence-electron chi connectivity index (χ3n) is 4.10. The van der Waals surface area contributed by atoms with Crippen molar-refractivity contribution in [2.45, 2.75) is 26.1 Å². The topological polar surface area (TPSA) is 113 Å². The molecule has 1 heterocycles. The molecule has 1 saturated heterocycles. The third kappa shape index (κ3) is 4.43. The number of aliphatic carboxylic acids is 1. The number of rotatable bonds is 5. The van der Waals surface area contributed by atoms with Gasteiger partial charge in [-0.2, -0.15) is 0 Å². The molecule has 27 heavy (non-hydrogen) atoms. The van der Waals surface area contributed by atoms with E-state index in [2.05, 4.69) is 0 Å². The van der Waals surface area contributed by atoms with Crippen molar-refractivity contribution in [2.75, 3.05) is 32.1 Å². The van der Waals surface area contributed by atoms with Crippen LogP contribution < -0.4 is 4.90 Å². The smallest absolute Gasteiger partial charge is 0.348 e. The Hall–Kier alpha value is -2.94. The number of esters is 1. The second kappa shape index (κ2) is 8.17. The van der Waals surface area contributed by atoms with Crippen molar-refractivity contribution in [1.29, 1.82) is 0 Å². The number of carboxylic acids is 1. The molecule has 2 unspecified atom stereocenters. The van der Waals surface area contributed by atoms with E-state index in [0.29, 0.717) is 11.3 Å². The molecule has 0 aliphatic carbocycles. The van der Waals surface area contributed by atoms with E-state index >= 15 is 0 Å². The van der Waals surface area contributed by atoms with Gasteiger partial charge in [-0.25, -0.2) is 4.79 Å². The normalized spacial score (nSPS) is 18.0. The summed E-state index contributed by atoms with van der Waals surface area (Å²) in [5.74, 6) is -3.17. The largest absolute Gasteiger partial charge is 0.478 e. The number of aryl methyl sites for hydroxylation is 1. The van der Waals surface area contributed by atoms with Crippen LogP contribution in [0.4, 0.5) is 5.69 Å². The van der Waals surface area contributed by atoms with Crippen LogP contribution in [0.15, 0.2) is 18.2 Å². The van der Waals surface area contributed by atoms with Crippen LogP contribution in [0.1, 0.15) is 22.8 Å². The highest BCUT2D eigenvalue weighted by Gasteiger charge is 2.42. The second-order valence-corrected chi connectivity index (χ2v) is 6.35. The molecule has 9 nitrogen and oxygen atoms in total. The summed E-state index contributed by atoms with van der Waals surface area (Å²) in [4.78, 5) is 50.5. The number of amides is 2. The van der Waals surface area contributed by atoms with E-state index in [4.69, 9.17) is 9.47 Å². The van der Waals surface area contributed by atoms with Crippen molar-refractivity contribution in [3.05, 3.63) is 29.3 Å². The molecule has 0 spiro atoms. The van der Waals surface area contributed by atoms with Gasteiger partial charge in [0.1, 0.15) is 0 Å². The van der Waals surface area contributed by atoms with Crippen molar-refractivity contribution in [2.24, 2.45) is 0 Å². The maximum Gasteiger partial charge on any atom is 0.348 e. The van der Waals surface area contributed by atoms with Crippen LogP contribution in [0, 0.1) is 6.92 Å². The predicted molar refractivity (Wildman–Crippen MR) is 94.5 cm³/mol. The van der Waals surface area contributed by atoms with Gasteiger partial charge in [-0.05, 0) is 24.6 Å². The minimum atomic E-state index is -1.74. The Labute approximate surface area is 156 Å². The third-order valence-corrected chi connectivity index (χ3v) is 4.10. The van der Waals surface area contributed by atoms with Crippen molar-refractivity contribution < 1.29 is 33.8 Å². The average Bonchev–Trinajstić information content (AvgIpc) is 2.60. The first kappa shape index (κ1) is 20.4. The molecule has 2 amide bonds. The summed E-state index contributed by atoms with van der Waals surface area (Å²) in [5.41, 5.74) is 1.62. The minimum Gasteiger partial charge on any atom is -0.478 e. The highest BCUT2D eigenvalue weighted by molar-refractivity contribution is 6.02. The van der Waals surface area contributed by atoms with Crippen molar-refractivity contribution in [1.82, 2.24) is 4.90 Å². The molecular weight excluding hydrogens is 356 g/mol. The summed E-state index contributed by atoms with van der Waals surface area (Å²) in [6.45, 7) is 3.08. The molecule has 0 radical (unpaired) electrons. The van der Waals surface area contributed by atoms with Crippen LogP contribution >= 0.6 is 0 Å². The first-order chi connectivity index (χ1) is 12.6. The van der Waals surface area contributed by atoms with E-state index in [1.54, 1.807) is 39.2 Å². The molecule has 1 aliphatic heterocycles. The number of anilines is 1. The summed E-state index contributed by atoms with van der Waals surface area (Å²) >= 11 is 0. The number of carbonyl (C=O) groups is 4. The van der Waals surface area contributed by atoms with Gasteiger partial charge in [-0.15, -0.1) is 0 Å². The molecule has 2 rings (SSSR count). The van der Waals surface area contributed by atoms with Crippen molar-refractivity contribution >= 4 is 29.4 Å². The number of carboxylic acid groups (broad SMARTS) is 1. The van der Waals surface area contributed by atoms with Gasteiger partial charge in [0.25, 0.3) is 11.8 Å². The predicted octanol–water partition coefficient (Wildman–Crippen LogP) is 0.445. The Balaban J connectivity index is 2.35. The lowest BCUT2D eigenvalue weighted by Crippen LogP contribution is -2.55. The fraction of sp³-hybridized carbons (Fsp3) is 0.444. The average molecular weight is 378 g/mol. The number of carbonyl (C=O) groups excluding carboxylic acids is 3. The van der Waals surface area contributed by atoms with Crippen LogP contribution in [0.5, 0.6) is 0 Å². The van der Waals surface area contributed by atoms with E-state index in [0.717, 1.165) is 12.5 Å². The van der Waals surface area contributed by atoms with E-state index in [9.17, 15) is 24.3 Å². The number of benzene rings is 1. The Morgan fingerprint density at radius 1 is 1.33 bits per heavy atom. The van der Waals surface area contributed by atoms with E-state index in [-0.39, 0.29) is 19.1 Å². The van der Waals surface area contributed by atoms with Gasteiger partial charge in [-0.3, -0.25) is 14.4 Å². The number of morpholine rings is 1. The Morgan fingerprint density at radius 3 is 2.56 bits per heavy atom. The van der Waals surface area contributed by atoms with E-state index < -0.39 is 30.1 Å². The second-order valence-electron chi connectivity index (χ2n) is 6.35. The minimum absolute atomic E-state index is 0.0618. The van der Waals surface area contributed by atoms with Gasteiger partial charge < -0.3 is 24.4 Å². The van der Waals surface area contributed by atoms with Gasteiger partial charge in [0, 0.05) is 38.8 Å². The van der Waals surface area contributed by atoms with Gasteiger partial charge in [-0.1, -0.05) is 6.07 Å². The zero-order valence-corrected chi connectivity index (χ0v) is 15.6. The van der Waals surface area contributed by atoms with E-state index in [1.807, 2.05) is 0 Å². The fourth-order valence-corrected chi connectivity index (χ4v) is 2.75. The number of nitrogens with zero attached hydrogens (tertiary/aromatic N) is 2. The maximum absolute atomic E-state index is 12.8. The number of ether oxygens (including phenoxy) is 2. The van der Waals surface area contributed by atoms with Crippen LogP contribution in [-0.2, 0) is 23.9 Å². The van der Waals surface area contributed by atoms with Crippen LogP contribution in [0.3, 0.4) is 0 Å². The molecule has 0 bridgehead atoms. The molecule has 1 aromatic rings. The molecule has 1 fully saturated rings. The molecule has 9 heteroatoms. The highest BCUT2D eigenvalue weighted by Crippen LogP contribution is 2.24. The fourth-order valence-electron chi connectivity index (χ4n) is 2.75. The molecule has 2 atom stereocenters. The zero-order valence-electron chi connectivity index (χ0n) is 15.6. The van der Waals surface area contributed by atoms with Crippen LogP contribution in [0.25, 0.3) is 0 Å². The van der Waals surface area contributed by atoms with Crippen molar-refractivity contribution in [3.8, 4) is 0 Å². The van der Waals surface area contributed by atoms with Crippen LogP contribution in [-0.4, -0.2) is 73.2 Å². The first-order valence-electron chi connectivity index (χ1n) is 8.28. The number of hydrogen-bond donors (Lipinski definition) is 1. The van der Waals surface area contributed by atoms with Gasteiger partial charge in [0.15, 0.2) is 6.10 Å². The molecule has 0 aromatic heterocycles. The van der Waals surface area contributed by atoms with Gasteiger partial charge in [0.05, 0.1) is 6.61 Å². The quantitative estimate of drug-likeness (QED) is 0.740. The van der Waals surface area contributed by atoms with Gasteiger partial charge >= 0.3 is 11.9 Å². The molecular formula is C18H22N2O7. The molecule has 1 aliphatic rings. The lowest BCUT2D eigenvalue weighted by Gasteiger charge is -2.34. The highest BCUT2D eigenvalue weighted by atomic mass is 16.6. The Morgan fingerprint density at radius 2 is 2.00 bits per heavy atom. The number of hydrogen-bond acceptors (Lipinski definition) is 6. The lowest BCUT2D eigenvalue weighted by molar-refractivity contribution is -0.177. The summed E-state index contributed by atoms with van der Waals surface area (Å²) in [6, 6.07) is 4.97. The van der Waals surface area contributed by atoms with E-state index in [1.165, 1.54) is 9.80 Å². The molecule has 1 aromatic carbocycles. The zero-order chi connectivity index (χ0) is 20.3. The lowest BCUT2D eigenvalue weighted by atomic mass is 10.0.